The second kappa shape index (κ2) is 15.9. The predicted molar refractivity (Wildman–Crippen MR) is 218 cm³/mol. The van der Waals surface area contributed by atoms with Gasteiger partial charge >= 0.3 is 12.2 Å². The van der Waals surface area contributed by atoms with Gasteiger partial charge in [-0.1, -0.05) is 30.7 Å². The molecule has 2 aromatic heterocycles. The Balaban J connectivity index is 1.34. The number of hydrogen-bond donors (Lipinski definition) is 2. The average molecular weight is 850 g/mol. The number of rotatable bonds is 11. The van der Waals surface area contributed by atoms with E-state index >= 15 is 0 Å². The molecule has 0 aliphatic carbocycles. The summed E-state index contributed by atoms with van der Waals surface area (Å²) in [4.78, 5) is 40.8. The lowest BCUT2D eigenvalue weighted by atomic mass is 9.78. The van der Waals surface area contributed by atoms with Crippen LogP contribution in [0, 0.1) is 6.92 Å². The van der Waals surface area contributed by atoms with Crippen LogP contribution in [0.1, 0.15) is 102 Å². The summed E-state index contributed by atoms with van der Waals surface area (Å²) in [6, 6.07) is 11.6. The Bertz CT molecular complexity index is 2440. The first-order valence-electron chi connectivity index (χ1n) is 19.4. The highest BCUT2D eigenvalue weighted by Gasteiger charge is 2.50. The van der Waals surface area contributed by atoms with E-state index in [1.54, 1.807) is 79.7 Å². The van der Waals surface area contributed by atoms with Crippen LogP contribution in [-0.4, -0.2) is 59.1 Å². The Morgan fingerprint density at radius 2 is 1.37 bits per heavy atom. The van der Waals surface area contributed by atoms with Crippen LogP contribution in [0.15, 0.2) is 72.4 Å². The van der Waals surface area contributed by atoms with Gasteiger partial charge in [-0.2, -0.15) is 18.2 Å². The van der Waals surface area contributed by atoms with Gasteiger partial charge in [0.1, 0.15) is 56.1 Å². The number of benzene rings is 2. The number of ketones is 2. The van der Waals surface area contributed by atoms with Crippen molar-refractivity contribution >= 4 is 34.3 Å². The van der Waals surface area contributed by atoms with Crippen molar-refractivity contribution in [3.63, 3.8) is 0 Å². The maximum absolute atomic E-state index is 14.6. The van der Waals surface area contributed by atoms with Crippen molar-refractivity contribution in [2.45, 2.75) is 117 Å². The Hall–Kier alpha value is -5.31. The van der Waals surface area contributed by atoms with E-state index in [4.69, 9.17) is 30.5 Å². The van der Waals surface area contributed by atoms with E-state index < -0.39 is 51.6 Å². The molecular formula is C45H47ClF3N3O8. The largest absolute Gasteiger partial charge is 0.508 e. The van der Waals surface area contributed by atoms with Crippen molar-refractivity contribution < 1.29 is 51.9 Å². The third-order valence-electron chi connectivity index (χ3n) is 10.7. The zero-order chi connectivity index (χ0) is 44.2. The highest BCUT2D eigenvalue weighted by atomic mass is 35.5. The molecular weight excluding hydrogens is 803 g/mol. The fraction of sp³-hybridized carbons (Fsp3) is 0.400. The van der Waals surface area contributed by atoms with E-state index in [0.29, 0.717) is 41.5 Å². The number of alkyl halides is 3. The first-order valence-corrected chi connectivity index (χ1v) is 19.8. The number of halogens is 4. The van der Waals surface area contributed by atoms with Crippen molar-refractivity contribution in [3.8, 4) is 23.4 Å². The molecule has 0 spiro atoms. The molecule has 6 rings (SSSR count). The minimum atomic E-state index is -4.73. The van der Waals surface area contributed by atoms with Gasteiger partial charge in [0.2, 0.25) is 5.88 Å². The van der Waals surface area contributed by atoms with Gasteiger partial charge in [-0.15, -0.1) is 0 Å². The number of aliphatic hydroxyl groups excluding tert-OH is 2. The van der Waals surface area contributed by atoms with E-state index in [1.165, 1.54) is 24.5 Å². The third kappa shape index (κ3) is 8.63. The zero-order valence-electron chi connectivity index (χ0n) is 34.8. The van der Waals surface area contributed by atoms with Gasteiger partial charge in [-0.25, -0.2) is 9.97 Å². The maximum Gasteiger partial charge on any atom is 0.421 e. The second-order valence-electron chi connectivity index (χ2n) is 16.6. The summed E-state index contributed by atoms with van der Waals surface area (Å²) in [6.07, 6.45) is -0.861. The van der Waals surface area contributed by atoms with Crippen molar-refractivity contribution in [2.75, 3.05) is 0 Å². The predicted octanol–water partition coefficient (Wildman–Crippen LogP) is 10.9. The molecule has 11 nitrogen and oxygen atoms in total. The Morgan fingerprint density at radius 1 is 0.783 bits per heavy atom. The Kier molecular flexibility index (Phi) is 11.8. The SMILES string of the molecule is CCc1ccc(Oc2ncccc2C(F)(F)F)cc1C1=C(O)C(C)(C)OC(C)(CCCc2ccc(Oc3ncc(C)c(Cl)n3)cc2C2=C(O)C(C)(C)OC(C)(C)C2=O)C1=O. The summed E-state index contributed by atoms with van der Waals surface area (Å²) in [7, 11) is 0. The smallest absolute Gasteiger partial charge is 0.421 e. The molecule has 0 saturated carbocycles. The number of pyridine rings is 1. The average Bonchev–Trinajstić information content (AvgIpc) is 3.15. The summed E-state index contributed by atoms with van der Waals surface area (Å²) in [5.41, 5.74) is -3.84. The molecule has 318 valence electrons. The molecule has 60 heavy (non-hydrogen) atoms. The zero-order valence-corrected chi connectivity index (χ0v) is 35.6. The van der Waals surface area contributed by atoms with Crippen LogP contribution in [0.25, 0.3) is 11.1 Å². The van der Waals surface area contributed by atoms with Crippen LogP contribution >= 0.6 is 11.6 Å². The molecule has 4 heterocycles. The molecule has 4 aromatic rings. The molecule has 0 bridgehead atoms. The summed E-state index contributed by atoms with van der Waals surface area (Å²) < 4.78 is 65.4. The first-order chi connectivity index (χ1) is 27.9. The molecule has 1 unspecified atom stereocenters. The summed E-state index contributed by atoms with van der Waals surface area (Å²) in [5.74, 6) is -2.00. The molecule has 0 radical (unpaired) electrons. The van der Waals surface area contributed by atoms with Gasteiger partial charge in [0.05, 0.1) is 11.1 Å². The van der Waals surface area contributed by atoms with Gasteiger partial charge in [-0.05, 0) is 140 Å². The lowest BCUT2D eigenvalue weighted by Crippen LogP contribution is -2.51. The third-order valence-corrected chi connectivity index (χ3v) is 11.0. The normalized spacial score (nSPS) is 20.1. The molecule has 2 aliphatic rings. The minimum Gasteiger partial charge on any atom is -0.508 e. The Morgan fingerprint density at radius 3 is 1.98 bits per heavy atom. The second-order valence-corrected chi connectivity index (χ2v) is 17.0. The minimum absolute atomic E-state index is 0.0194. The highest BCUT2D eigenvalue weighted by Crippen LogP contribution is 2.46. The van der Waals surface area contributed by atoms with Crippen LogP contribution in [0.4, 0.5) is 13.2 Å². The standard InChI is InChI=1S/C45H47ClF3N3O8/c1-10-25-15-17-27(57-39-31(45(47,48)49)14-12-20-50-39)21-29(25)33-36(55)43(7,8)60-44(9,37(33)56)19-11-13-26-16-18-28(58-40-51-23-24(2)38(46)52-40)22-30(26)32-34(53)41(3,4)59-42(5,6)35(32)54/h12,14-18,20-23,53,55H,10-11,13,19H2,1-9H3. The molecule has 0 saturated heterocycles. The summed E-state index contributed by atoms with van der Waals surface area (Å²) in [5, 5.41) is 23.4. The Labute approximate surface area is 351 Å². The highest BCUT2D eigenvalue weighted by molar-refractivity contribution is 6.30. The molecule has 2 aromatic carbocycles. The topological polar surface area (TPSA) is 150 Å². The molecule has 15 heteroatoms. The van der Waals surface area contributed by atoms with Crippen LogP contribution in [0.3, 0.4) is 0 Å². The number of aryl methyl sites for hydroxylation is 3. The van der Waals surface area contributed by atoms with Gasteiger partial charge < -0.3 is 29.2 Å². The maximum atomic E-state index is 14.6. The lowest BCUT2D eigenvalue weighted by Gasteiger charge is -2.43. The molecule has 1 atom stereocenters. The number of aromatic nitrogens is 3. The van der Waals surface area contributed by atoms with E-state index in [2.05, 4.69) is 15.0 Å². The number of aliphatic hydroxyl groups is 2. The van der Waals surface area contributed by atoms with E-state index in [-0.39, 0.29) is 57.3 Å². The summed E-state index contributed by atoms with van der Waals surface area (Å²) in [6.45, 7) is 15.1. The number of carbonyl (C=O) groups is 2. The number of ether oxygens (including phenoxy) is 4. The van der Waals surface area contributed by atoms with E-state index in [1.807, 2.05) is 6.92 Å². The molecule has 0 fully saturated rings. The lowest BCUT2D eigenvalue weighted by molar-refractivity contribution is -0.164. The number of carbonyl (C=O) groups excluding carboxylic acids is 2. The van der Waals surface area contributed by atoms with Crippen molar-refractivity contribution in [2.24, 2.45) is 0 Å². The van der Waals surface area contributed by atoms with Gasteiger partial charge in [0.15, 0.2) is 11.6 Å². The van der Waals surface area contributed by atoms with E-state index in [0.717, 1.165) is 12.1 Å². The fourth-order valence-corrected chi connectivity index (χ4v) is 7.76. The van der Waals surface area contributed by atoms with Crippen LogP contribution < -0.4 is 9.47 Å². The van der Waals surface area contributed by atoms with Gasteiger partial charge in [0.25, 0.3) is 0 Å². The fourth-order valence-electron chi connectivity index (χ4n) is 7.64. The number of Topliss-reactive ketones (excluding diaryl/α,β-unsaturated/α-hetero) is 2. The van der Waals surface area contributed by atoms with Gasteiger partial charge in [0, 0.05) is 18.0 Å². The van der Waals surface area contributed by atoms with Crippen molar-refractivity contribution in [1.82, 2.24) is 15.0 Å². The van der Waals surface area contributed by atoms with E-state index in [9.17, 15) is 33.0 Å². The first kappa shape index (κ1) is 44.2. The van der Waals surface area contributed by atoms with Crippen LogP contribution in [-0.2, 0) is 38.1 Å². The van der Waals surface area contributed by atoms with Crippen LogP contribution in [0.5, 0.6) is 23.4 Å². The summed E-state index contributed by atoms with van der Waals surface area (Å²) >= 11 is 6.22. The number of hydrogen-bond acceptors (Lipinski definition) is 11. The van der Waals surface area contributed by atoms with Crippen molar-refractivity contribution in [1.29, 1.82) is 0 Å². The van der Waals surface area contributed by atoms with Crippen molar-refractivity contribution in [3.05, 3.63) is 111 Å². The van der Waals surface area contributed by atoms with Gasteiger partial charge in [-0.3, -0.25) is 9.59 Å². The number of nitrogens with zero attached hydrogens (tertiary/aromatic N) is 3. The quantitative estimate of drug-likeness (QED) is 0.139. The van der Waals surface area contributed by atoms with Crippen LogP contribution in [0.2, 0.25) is 5.15 Å². The molecule has 2 N–H and O–H groups in total. The monoisotopic (exact) mass is 849 g/mol. The molecule has 0 amide bonds. The molecule has 2 aliphatic heterocycles.